The number of nitrogens with two attached hydrogens (primary N) is 1. The highest BCUT2D eigenvalue weighted by Crippen LogP contribution is 2.21. The molecule has 4 nitrogen and oxygen atoms in total. The van der Waals surface area contributed by atoms with E-state index in [2.05, 4.69) is 17.3 Å². The molecule has 1 aromatic rings. The molecule has 0 bridgehead atoms. The molecule has 1 atom stereocenters. The van der Waals surface area contributed by atoms with Crippen LogP contribution in [0.2, 0.25) is 0 Å². The average Bonchev–Trinajstić information content (AvgIpc) is 2.28. The Hall–Kier alpha value is -1.55. The topological polar surface area (TPSA) is 58.4 Å². The summed E-state index contributed by atoms with van der Waals surface area (Å²) in [5.41, 5.74) is 8.03. The highest BCUT2D eigenvalue weighted by Gasteiger charge is 2.17. The van der Waals surface area contributed by atoms with Crippen molar-refractivity contribution in [3.05, 3.63) is 23.8 Å². The summed E-state index contributed by atoms with van der Waals surface area (Å²) in [5, 5.41) is 3.49. The number of likely N-dealkylation sites (tertiary alicyclic amines) is 1. The van der Waals surface area contributed by atoms with E-state index in [4.69, 9.17) is 5.73 Å². The number of benzene rings is 1. The van der Waals surface area contributed by atoms with Crippen molar-refractivity contribution >= 4 is 17.2 Å². The maximum absolute atomic E-state index is 11.3. The lowest BCUT2D eigenvalue weighted by molar-refractivity contribution is 0.101. The minimum atomic E-state index is 0.0106. The third kappa shape index (κ3) is 3.01. The van der Waals surface area contributed by atoms with Crippen LogP contribution in [-0.2, 0) is 0 Å². The highest BCUT2D eigenvalue weighted by atomic mass is 16.1. The minimum Gasteiger partial charge on any atom is -0.398 e. The summed E-state index contributed by atoms with van der Waals surface area (Å²) in [6.07, 6.45) is 2.40. The van der Waals surface area contributed by atoms with Gasteiger partial charge >= 0.3 is 0 Å². The highest BCUT2D eigenvalue weighted by molar-refractivity contribution is 5.99. The lowest BCUT2D eigenvalue weighted by Gasteiger charge is -2.31. The largest absolute Gasteiger partial charge is 0.398 e. The van der Waals surface area contributed by atoms with E-state index in [1.807, 2.05) is 12.1 Å². The molecule has 0 spiro atoms. The van der Waals surface area contributed by atoms with Crippen LogP contribution in [0.5, 0.6) is 0 Å². The fourth-order valence-electron chi connectivity index (χ4n) is 2.49. The molecule has 1 aliphatic rings. The number of rotatable bonds is 3. The molecule has 18 heavy (non-hydrogen) atoms. The monoisotopic (exact) mass is 247 g/mol. The number of likely N-dealkylation sites (N-methyl/N-ethyl adjacent to an activating group) is 1. The van der Waals surface area contributed by atoms with Gasteiger partial charge in [-0.3, -0.25) is 4.79 Å². The maximum atomic E-state index is 11.3. The van der Waals surface area contributed by atoms with Crippen LogP contribution >= 0.6 is 0 Å². The van der Waals surface area contributed by atoms with Gasteiger partial charge in [0.05, 0.1) is 0 Å². The summed E-state index contributed by atoms with van der Waals surface area (Å²) in [5.74, 6) is 0.0106. The zero-order valence-electron chi connectivity index (χ0n) is 11.1. The number of Topliss-reactive ketones (excluding diaryl/α,β-unsaturated/α-hetero) is 1. The number of hydrogen-bond donors (Lipinski definition) is 2. The van der Waals surface area contributed by atoms with E-state index in [1.54, 1.807) is 6.07 Å². The van der Waals surface area contributed by atoms with Crippen molar-refractivity contribution in [3.8, 4) is 0 Å². The van der Waals surface area contributed by atoms with Gasteiger partial charge in [0.1, 0.15) is 0 Å². The fraction of sp³-hybridized carbons (Fsp3) is 0.500. The van der Waals surface area contributed by atoms with Crippen molar-refractivity contribution in [2.75, 3.05) is 31.2 Å². The Morgan fingerprint density at radius 3 is 2.89 bits per heavy atom. The van der Waals surface area contributed by atoms with Crippen LogP contribution in [0.1, 0.15) is 30.1 Å². The second-order valence-electron chi connectivity index (χ2n) is 5.10. The van der Waals surface area contributed by atoms with Gasteiger partial charge in [0.15, 0.2) is 5.78 Å². The molecule has 1 fully saturated rings. The third-order valence-corrected chi connectivity index (χ3v) is 3.43. The van der Waals surface area contributed by atoms with Gasteiger partial charge in [-0.2, -0.15) is 0 Å². The Labute approximate surface area is 108 Å². The zero-order chi connectivity index (χ0) is 13.1. The number of nitrogen functional groups attached to an aromatic ring is 1. The molecule has 1 aromatic carbocycles. The predicted molar refractivity (Wildman–Crippen MR) is 75.0 cm³/mol. The van der Waals surface area contributed by atoms with Gasteiger partial charge in [-0.1, -0.05) is 0 Å². The van der Waals surface area contributed by atoms with Crippen molar-refractivity contribution in [2.45, 2.75) is 25.8 Å². The third-order valence-electron chi connectivity index (χ3n) is 3.43. The summed E-state index contributed by atoms with van der Waals surface area (Å²) in [6.45, 7) is 3.76. The average molecular weight is 247 g/mol. The Bertz CT molecular complexity index is 445. The van der Waals surface area contributed by atoms with Crippen LogP contribution in [0.4, 0.5) is 11.4 Å². The van der Waals surface area contributed by atoms with E-state index in [9.17, 15) is 4.79 Å². The normalized spacial score (nSPS) is 20.7. The van der Waals surface area contributed by atoms with Gasteiger partial charge in [-0.05, 0) is 51.6 Å². The van der Waals surface area contributed by atoms with E-state index >= 15 is 0 Å². The molecule has 2 rings (SSSR count). The van der Waals surface area contributed by atoms with Crippen LogP contribution in [-0.4, -0.2) is 36.9 Å². The first kappa shape index (κ1) is 12.9. The van der Waals surface area contributed by atoms with E-state index in [1.165, 1.54) is 26.3 Å². The summed E-state index contributed by atoms with van der Waals surface area (Å²) < 4.78 is 0. The van der Waals surface area contributed by atoms with Crippen molar-refractivity contribution < 1.29 is 4.79 Å². The van der Waals surface area contributed by atoms with Crippen LogP contribution in [0.15, 0.2) is 18.2 Å². The summed E-state index contributed by atoms with van der Waals surface area (Å²) >= 11 is 0. The van der Waals surface area contributed by atoms with E-state index in [0.717, 1.165) is 12.2 Å². The Morgan fingerprint density at radius 2 is 2.28 bits per heavy atom. The van der Waals surface area contributed by atoms with Gasteiger partial charge in [0, 0.05) is 29.5 Å². The fourth-order valence-corrected chi connectivity index (χ4v) is 2.49. The molecule has 0 aromatic heterocycles. The summed E-state index contributed by atoms with van der Waals surface area (Å²) in [4.78, 5) is 13.6. The lowest BCUT2D eigenvalue weighted by Crippen LogP contribution is -2.39. The Balaban J connectivity index is 2.05. The van der Waals surface area contributed by atoms with E-state index in [-0.39, 0.29) is 5.78 Å². The standard InChI is InChI=1S/C14H21N3O/c1-10(18)13-6-5-11(8-14(13)15)16-12-4-3-7-17(2)9-12/h5-6,8,12,16H,3-4,7,9,15H2,1-2H3. The molecule has 1 saturated heterocycles. The lowest BCUT2D eigenvalue weighted by atomic mass is 10.0. The summed E-state index contributed by atoms with van der Waals surface area (Å²) in [7, 11) is 2.14. The number of piperidine rings is 1. The second kappa shape index (κ2) is 5.40. The number of carbonyl (C=O) groups excluding carboxylic acids is 1. The maximum Gasteiger partial charge on any atom is 0.161 e. The number of nitrogens with one attached hydrogen (secondary N) is 1. The molecule has 3 N–H and O–H groups in total. The smallest absolute Gasteiger partial charge is 0.161 e. The number of carbonyl (C=O) groups is 1. The molecular formula is C14H21N3O. The van der Waals surface area contributed by atoms with Gasteiger partial charge < -0.3 is 16.0 Å². The molecule has 1 unspecified atom stereocenters. The molecule has 98 valence electrons. The van der Waals surface area contributed by atoms with Crippen LogP contribution in [0, 0.1) is 0 Å². The van der Waals surface area contributed by atoms with E-state index in [0.29, 0.717) is 17.3 Å². The first-order valence-corrected chi connectivity index (χ1v) is 6.42. The quantitative estimate of drug-likeness (QED) is 0.633. The van der Waals surface area contributed by atoms with Gasteiger partial charge in [0.2, 0.25) is 0 Å². The Kier molecular flexibility index (Phi) is 3.87. The molecule has 1 aliphatic heterocycles. The molecular weight excluding hydrogens is 226 g/mol. The van der Waals surface area contributed by atoms with Crippen molar-refractivity contribution in [1.82, 2.24) is 4.90 Å². The van der Waals surface area contributed by atoms with Crippen LogP contribution < -0.4 is 11.1 Å². The molecule has 0 amide bonds. The molecule has 0 radical (unpaired) electrons. The van der Waals surface area contributed by atoms with E-state index < -0.39 is 0 Å². The van der Waals surface area contributed by atoms with Gasteiger partial charge in [0.25, 0.3) is 0 Å². The van der Waals surface area contributed by atoms with Crippen LogP contribution in [0.3, 0.4) is 0 Å². The van der Waals surface area contributed by atoms with Crippen molar-refractivity contribution in [2.24, 2.45) is 0 Å². The van der Waals surface area contributed by atoms with Gasteiger partial charge in [-0.25, -0.2) is 0 Å². The molecule has 0 saturated carbocycles. The number of anilines is 2. The first-order chi connectivity index (χ1) is 8.56. The first-order valence-electron chi connectivity index (χ1n) is 6.42. The van der Waals surface area contributed by atoms with Crippen LogP contribution in [0.25, 0.3) is 0 Å². The predicted octanol–water partition coefficient (Wildman–Crippen LogP) is 1.98. The molecule has 0 aliphatic carbocycles. The number of nitrogens with zero attached hydrogens (tertiary/aromatic N) is 1. The van der Waals surface area contributed by atoms with Gasteiger partial charge in [-0.15, -0.1) is 0 Å². The number of hydrogen-bond acceptors (Lipinski definition) is 4. The second-order valence-corrected chi connectivity index (χ2v) is 5.10. The molecule has 4 heteroatoms. The minimum absolute atomic E-state index is 0.0106. The van der Waals surface area contributed by atoms with Crippen molar-refractivity contribution in [3.63, 3.8) is 0 Å². The van der Waals surface area contributed by atoms with Crippen molar-refractivity contribution in [1.29, 1.82) is 0 Å². The SMILES string of the molecule is CC(=O)c1ccc(NC2CCCN(C)C2)cc1N. The Morgan fingerprint density at radius 1 is 1.50 bits per heavy atom. The zero-order valence-corrected chi connectivity index (χ0v) is 11.1. The molecule has 1 heterocycles. The number of ketones is 1. The summed E-state index contributed by atoms with van der Waals surface area (Å²) in [6, 6.07) is 6.05.